The van der Waals surface area contributed by atoms with Crippen molar-refractivity contribution in [3.63, 3.8) is 0 Å². The minimum atomic E-state index is -1.14. The molecule has 1 aromatic heterocycles. The number of amides is 1. The van der Waals surface area contributed by atoms with Crippen molar-refractivity contribution in [3.05, 3.63) is 123 Å². The van der Waals surface area contributed by atoms with Gasteiger partial charge in [-0.15, -0.1) is 0 Å². The summed E-state index contributed by atoms with van der Waals surface area (Å²) in [4.78, 5) is 41.8. The quantitative estimate of drug-likeness (QED) is 0.255. The normalized spacial score (nSPS) is 17.0. The first-order valence-electron chi connectivity index (χ1n) is 11.7. The third kappa shape index (κ3) is 3.87. The lowest BCUT2D eigenvalue weighted by Gasteiger charge is -2.24. The lowest BCUT2D eigenvalue weighted by molar-refractivity contribution is -0.132. The molecular formula is C29H24FN3O4. The highest BCUT2D eigenvalue weighted by molar-refractivity contribution is 6.51. The number of aliphatic hydroxyl groups is 1. The van der Waals surface area contributed by atoms with Gasteiger partial charge in [0.05, 0.1) is 23.0 Å². The molecule has 1 fully saturated rings. The molecule has 3 aromatic carbocycles. The number of benzene rings is 3. The Hall–Kier alpha value is -4.72. The van der Waals surface area contributed by atoms with Crippen LogP contribution in [0.1, 0.15) is 28.4 Å². The van der Waals surface area contributed by atoms with Crippen LogP contribution in [0.2, 0.25) is 0 Å². The van der Waals surface area contributed by atoms with E-state index in [0.717, 1.165) is 10.5 Å². The van der Waals surface area contributed by atoms with Gasteiger partial charge < -0.3 is 5.11 Å². The summed E-state index contributed by atoms with van der Waals surface area (Å²) in [5.41, 5.74) is 2.03. The average Bonchev–Trinajstić information content (AvgIpc) is 3.28. The minimum absolute atomic E-state index is 0.00531. The molecule has 7 nitrogen and oxygen atoms in total. The molecule has 8 heteroatoms. The number of hydrogen-bond donors (Lipinski definition) is 1. The van der Waals surface area contributed by atoms with E-state index >= 15 is 0 Å². The summed E-state index contributed by atoms with van der Waals surface area (Å²) in [5, 5.41) is 11.2. The van der Waals surface area contributed by atoms with Crippen LogP contribution >= 0.6 is 0 Å². The van der Waals surface area contributed by atoms with Gasteiger partial charge in [0.25, 0.3) is 17.2 Å². The van der Waals surface area contributed by atoms with Crippen LogP contribution in [0.5, 0.6) is 0 Å². The Labute approximate surface area is 212 Å². The summed E-state index contributed by atoms with van der Waals surface area (Å²) in [5.74, 6) is -2.75. The molecule has 1 aliphatic rings. The number of anilines is 1. The Morgan fingerprint density at radius 3 is 2.11 bits per heavy atom. The van der Waals surface area contributed by atoms with E-state index in [1.54, 1.807) is 67.2 Å². The minimum Gasteiger partial charge on any atom is -0.507 e. The van der Waals surface area contributed by atoms with Crippen LogP contribution in [0, 0.1) is 19.7 Å². The lowest BCUT2D eigenvalue weighted by Crippen LogP contribution is -2.34. The fourth-order valence-electron chi connectivity index (χ4n) is 4.72. The Balaban J connectivity index is 1.78. The Bertz CT molecular complexity index is 1610. The van der Waals surface area contributed by atoms with Gasteiger partial charge in [0.1, 0.15) is 17.3 Å². The van der Waals surface area contributed by atoms with Crippen LogP contribution in [0.4, 0.5) is 10.1 Å². The molecule has 4 aromatic rings. The zero-order valence-electron chi connectivity index (χ0n) is 20.5. The smallest absolute Gasteiger partial charge is 0.300 e. The van der Waals surface area contributed by atoms with Crippen LogP contribution in [-0.2, 0) is 16.6 Å². The molecule has 1 aliphatic heterocycles. The van der Waals surface area contributed by atoms with Gasteiger partial charge >= 0.3 is 0 Å². The summed E-state index contributed by atoms with van der Waals surface area (Å²) in [6.07, 6.45) is 0. The first-order valence-corrected chi connectivity index (χ1v) is 11.7. The van der Waals surface area contributed by atoms with Gasteiger partial charge in [0, 0.05) is 12.6 Å². The fraction of sp³-hybridized carbons (Fsp3) is 0.138. The van der Waals surface area contributed by atoms with Crippen molar-refractivity contribution in [3.8, 4) is 5.69 Å². The van der Waals surface area contributed by atoms with E-state index in [2.05, 4.69) is 0 Å². The van der Waals surface area contributed by atoms with Crippen LogP contribution in [0.3, 0.4) is 0 Å². The number of Topliss-reactive ketones (excluding diaryl/α,β-unsaturated/α-hetero) is 1. The zero-order chi connectivity index (χ0) is 26.4. The van der Waals surface area contributed by atoms with E-state index in [1.165, 1.54) is 28.9 Å². The second kappa shape index (κ2) is 9.05. The number of para-hydroxylation sites is 1. The van der Waals surface area contributed by atoms with Crippen LogP contribution < -0.4 is 10.5 Å². The topological polar surface area (TPSA) is 84.5 Å². The maximum atomic E-state index is 13.8. The maximum Gasteiger partial charge on any atom is 0.300 e. The Kier molecular flexibility index (Phi) is 5.87. The molecule has 0 bridgehead atoms. The van der Waals surface area contributed by atoms with E-state index in [1.807, 2.05) is 13.0 Å². The number of carbonyl (C=O) groups excluding carboxylic acids is 2. The number of halogens is 1. The second-order valence-electron chi connectivity index (χ2n) is 9.00. The first kappa shape index (κ1) is 24.0. The number of aromatic nitrogens is 2. The van der Waals surface area contributed by atoms with Gasteiger partial charge in [-0.05, 0) is 43.7 Å². The van der Waals surface area contributed by atoms with Gasteiger partial charge in [-0.25, -0.2) is 9.07 Å². The van der Waals surface area contributed by atoms with Gasteiger partial charge in [-0.2, -0.15) is 0 Å². The summed E-state index contributed by atoms with van der Waals surface area (Å²) >= 11 is 0. The largest absolute Gasteiger partial charge is 0.507 e. The lowest BCUT2D eigenvalue weighted by atomic mass is 9.95. The van der Waals surface area contributed by atoms with Crippen LogP contribution in [0.15, 0.2) is 89.2 Å². The fourth-order valence-corrected chi connectivity index (χ4v) is 4.72. The molecule has 186 valence electrons. The number of aryl methyl sites for hydroxylation is 1. The van der Waals surface area contributed by atoms with Crippen molar-refractivity contribution in [2.45, 2.75) is 19.9 Å². The predicted molar refractivity (Wildman–Crippen MR) is 138 cm³/mol. The van der Waals surface area contributed by atoms with Crippen molar-refractivity contribution in [2.75, 3.05) is 4.90 Å². The summed E-state index contributed by atoms with van der Waals surface area (Å²) < 4.78 is 16.8. The molecule has 2 heterocycles. The van der Waals surface area contributed by atoms with Gasteiger partial charge in [0.15, 0.2) is 0 Å². The number of rotatable bonds is 4. The molecule has 1 unspecified atom stereocenters. The predicted octanol–water partition coefficient (Wildman–Crippen LogP) is 4.56. The number of hydrogen-bond acceptors (Lipinski definition) is 4. The zero-order valence-corrected chi connectivity index (χ0v) is 20.5. The number of nitrogens with zero attached hydrogens (tertiary/aromatic N) is 3. The Morgan fingerprint density at radius 1 is 0.865 bits per heavy atom. The number of ketones is 1. The van der Waals surface area contributed by atoms with Crippen LogP contribution in [-0.4, -0.2) is 26.2 Å². The van der Waals surface area contributed by atoms with Gasteiger partial charge in [0.2, 0.25) is 0 Å². The summed E-state index contributed by atoms with van der Waals surface area (Å²) in [7, 11) is 1.68. The second-order valence-corrected chi connectivity index (χ2v) is 9.00. The van der Waals surface area contributed by atoms with E-state index in [4.69, 9.17) is 0 Å². The average molecular weight is 498 g/mol. The van der Waals surface area contributed by atoms with Gasteiger partial charge in [-0.1, -0.05) is 60.2 Å². The van der Waals surface area contributed by atoms with Crippen molar-refractivity contribution < 1.29 is 19.1 Å². The SMILES string of the molecule is Cc1ccc(/C(O)=C2\C(=O)C(=O)N(c3c(C)n(C)n(-c4ccccc4)c3=O)C2c2ccc(F)cc2)cc1. The molecular weight excluding hydrogens is 473 g/mol. The van der Waals surface area contributed by atoms with E-state index in [9.17, 15) is 23.9 Å². The van der Waals surface area contributed by atoms with E-state index in [-0.39, 0.29) is 17.0 Å². The van der Waals surface area contributed by atoms with Crippen LogP contribution in [0.25, 0.3) is 11.4 Å². The maximum absolute atomic E-state index is 13.8. The molecule has 1 N–H and O–H groups in total. The third-order valence-corrected chi connectivity index (χ3v) is 6.72. The summed E-state index contributed by atoms with van der Waals surface area (Å²) in [6.45, 7) is 3.56. The van der Waals surface area contributed by atoms with Crippen molar-refractivity contribution >= 4 is 23.1 Å². The number of carbonyl (C=O) groups is 2. The highest BCUT2D eigenvalue weighted by atomic mass is 19.1. The molecule has 0 spiro atoms. The molecule has 1 atom stereocenters. The molecule has 5 rings (SSSR count). The highest BCUT2D eigenvalue weighted by Crippen LogP contribution is 2.42. The number of aliphatic hydroxyl groups excluding tert-OH is 1. The van der Waals surface area contributed by atoms with Crippen molar-refractivity contribution in [1.29, 1.82) is 0 Å². The molecule has 37 heavy (non-hydrogen) atoms. The highest BCUT2D eigenvalue weighted by Gasteiger charge is 2.49. The molecule has 0 saturated carbocycles. The molecule has 1 saturated heterocycles. The molecule has 1 amide bonds. The molecule has 0 aliphatic carbocycles. The standard InChI is InChI=1S/C29H24FN3O4/c1-17-9-11-20(12-10-17)26(34)23-25(19-13-15-21(30)16-14-19)32(29(37)27(23)35)24-18(2)31(3)33(28(24)36)22-7-5-4-6-8-22/h4-16,25,34H,1-3H3/b26-23+. The third-order valence-electron chi connectivity index (χ3n) is 6.72. The molecule has 0 radical (unpaired) electrons. The monoisotopic (exact) mass is 497 g/mol. The van der Waals surface area contributed by atoms with Crippen molar-refractivity contribution in [1.82, 2.24) is 9.36 Å². The Morgan fingerprint density at radius 2 is 1.49 bits per heavy atom. The van der Waals surface area contributed by atoms with E-state index in [0.29, 0.717) is 22.5 Å². The van der Waals surface area contributed by atoms with Gasteiger partial charge in [-0.3, -0.25) is 24.0 Å². The van der Waals surface area contributed by atoms with Crippen molar-refractivity contribution in [2.24, 2.45) is 7.05 Å². The van der Waals surface area contributed by atoms with E-state index < -0.39 is 29.1 Å². The first-order chi connectivity index (χ1) is 17.7. The summed E-state index contributed by atoms with van der Waals surface area (Å²) in [6, 6.07) is 19.9.